The summed E-state index contributed by atoms with van der Waals surface area (Å²) in [5, 5.41) is 11.9. The lowest BCUT2D eigenvalue weighted by molar-refractivity contribution is 0.107. The van der Waals surface area contributed by atoms with E-state index in [1.54, 1.807) is 0 Å². The summed E-state index contributed by atoms with van der Waals surface area (Å²) in [5.41, 5.74) is 0.887. The van der Waals surface area contributed by atoms with E-state index in [2.05, 4.69) is 22.4 Å². The molecule has 0 aromatic carbocycles. The summed E-state index contributed by atoms with van der Waals surface area (Å²) in [5.74, 6) is 0.948. The molecule has 96 valence electrons. The molecule has 2 unspecified atom stereocenters. The topological polar surface area (TPSA) is 51.5 Å². The molecule has 0 radical (unpaired) electrons. The summed E-state index contributed by atoms with van der Waals surface area (Å²) < 4.78 is 7.62. The Balaban J connectivity index is 1.69. The van der Waals surface area contributed by atoms with Crippen LogP contribution in [0.25, 0.3) is 5.65 Å². The van der Waals surface area contributed by atoms with Crippen molar-refractivity contribution in [2.75, 3.05) is 13.2 Å². The number of pyridine rings is 1. The van der Waals surface area contributed by atoms with E-state index in [1.165, 1.54) is 6.42 Å². The summed E-state index contributed by atoms with van der Waals surface area (Å²) in [4.78, 5) is 0. The molecule has 0 aliphatic carbocycles. The maximum absolute atomic E-state index is 5.60. The van der Waals surface area contributed by atoms with Gasteiger partial charge in [-0.05, 0) is 31.9 Å². The Bertz CT molecular complexity index is 518. The van der Waals surface area contributed by atoms with E-state index in [-0.39, 0.29) is 6.04 Å². The summed E-state index contributed by atoms with van der Waals surface area (Å²) in [6.45, 7) is 3.88. The highest BCUT2D eigenvalue weighted by molar-refractivity contribution is 5.37. The molecular weight excluding hydrogens is 228 g/mol. The van der Waals surface area contributed by atoms with Crippen molar-refractivity contribution in [2.45, 2.75) is 31.9 Å². The van der Waals surface area contributed by atoms with Crippen LogP contribution in [0.5, 0.6) is 0 Å². The summed E-state index contributed by atoms with van der Waals surface area (Å²) in [6.07, 6.45) is 4.68. The zero-order valence-electron chi connectivity index (χ0n) is 10.5. The fourth-order valence-electron chi connectivity index (χ4n) is 2.36. The SMILES string of the molecule is CC(NCC1CCCO1)c1nnc2ccccn12. The van der Waals surface area contributed by atoms with Crippen molar-refractivity contribution >= 4 is 5.65 Å². The third-order valence-electron chi connectivity index (χ3n) is 3.40. The maximum atomic E-state index is 5.60. The van der Waals surface area contributed by atoms with Gasteiger partial charge in [-0.1, -0.05) is 6.07 Å². The first-order valence-electron chi connectivity index (χ1n) is 6.49. The summed E-state index contributed by atoms with van der Waals surface area (Å²) in [7, 11) is 0. The number of fused-ring (bicyclic) bond motifs is 1. The van der Waals surface area contributed by atoms with E-state index in [9.17, 15) is 0 Å². The molecule has 1 fully saturated rings. The predicted octanol–water partition coefficient (Wildman–Crippen LogP) is 1.56. The van der Waals surface area contributed by atoms with Crippen LogP contribution in [-0.2, 0) is 4.74 Å². The fourth-order valence-corrected chi connectivity index (χ4v) is 2.36. The number of rotatable bonds is 4. The standard InChI is InChI=1S/C13H18N4O/c1-10(14-9-11-5-4-8-18-11)13-16-15-12-6-2-3-7-17(12)13/h2-3,6-7,10-11,14H,4-5,8-9H2,1H3. The molecule has 0 bridgehead atoms. The first-order valence-corrected chi connectivity index (χ1v) is 6.49. The largest absolute Gasteiger partial charge is 0.377 e. The lowest BCUT2D eigenvalue weighted by Gasteiger charge is -2.15. The minimum atomic E-state index is 0.173. The van der Waals surface area contributed by atoms with Crippen molar-refractivity contribution in [3.05, 3.63) is 30.2 Å². The van der Waals surface area contributed by atoms with Crippen molar-refractivity contribution in [3.8, 4) is 0 Å². The average Bonchev–Trinajstić information content (AvgIpc) is 3.05. The lowest BCUT2D eigenvalue weighted by Crippen LogP contribution is -2.29. The number of nitrogens with zero attached hydrogens (tertiary/aromatic N) is 3. The highest BCUT2D eigenvalue weighted by Gasteiger charge is 2.18. The second-order valence-corrected chi connectivity index (χ2v) is 4.75. The van der Waals surface area contributed by atoms with Gasteiger partial charge in [0.05, 0.1) is 12.1 Å². The van der Waals surface area contributed by atoms with Crippen LogP contribution in [0, 0.1) is 0 Å². The number of aromatic nitrogens is 3. The Morgan fingerprint density at radius 2 is 2.44 bits per heavy atom. The van der Waals surface area contributed by atoms with E-state index in [0.717, 1.165) is 31.0 Å². The number of nitrogens with one attached hydrogen (secondary N) is 1. The minimum absolute atomic E-state index is 0.173. The molecule has 2 aromatic heterocycles. The van der Waals surface area contributed by atoms with Crippen molar-refractivity contribution < 1.29 is 4.74 Å². The second-order valence-electron chi connectivity index (χ2n) is 4.75. The Labute approximate surface area is 106 Å². The van der Waals surface area contributed by atoms with Crippen LogP contribution < -0.4 is 5.32 Å². The quantitative estimate of drug-likeness (QED) is 0.889. The van der Waals surface area contributed by atoms with Gasteiger partial charge in [0.2, 0.25) is 0 Å². The molecule has 3 rings (SSSR count). The van der Waals surface area contributed by atoms with Gasteiger partial charge in [-0.3, -0.25) is 4.40 Å². The first-order chi connectivity index (χ1) is 8.84. The number of hydrogen-bond donors (Lipinski definition) is 1. The van der Waals surface area contributed by atoms with E-state index in [0.29, 0.717) is 6.10 Å². The second kappa shape index (κ2) is 5.04. The van der Waals surface area contributed by atoms with Gasteiger partial charge in [-0.15, -0.1) is 10.2 Å². The molecule has 5 nitrogen and oxygen atoms in total. The van der Waals surface area contributed by atoms with Crippen molar-refractivity contribution in [2.24, 2.45) is 0 Å². The van der Waals surface area contributed by atoms with Gasteiger partial charge in [-0.2, -0.15) is 0 Å². The van der Waals surface area contributed by atoms with Gasteiger partial charge in [0, 0.05) is 19.3 Å². The van der Waals surface area contributed by atoms with Crippen LogP contribution in [0.4, 0.5) is 0 Å². The van der Waals surface area contributed by atoms with Gasteiger partial charge in [-0.25, -0.2) is 0 Å². The van der Waals surface area contributed by atoms with E-state index < -0.39 is 0 Å². The third-order valence-corrected chi connectivity index (χ3v) is 3.40. The Hall–Kier alpha value is -1.46. The Kier molecular flexibility index (Phi) is 3.25. The zero-order chi connectivity index (χ0) is 12.4. The molecular formula is C13H18N4O. The summed E-state index contributed by atoms with van der Waals surface area (Å²) >= 11 is 0. The molecule has 2 aromatic rings. The molecule has 0 saturated carbocycles. The van der Waals surface area contributed by atoms with E-state index in [1.807, 2.05) is 28.8 Å². The molecule has 3 heterocycles. The van der Waals surface area contributed by atoms with Crippen molar-refractivity contribution in [3.63, 3.8) is 0 Å². The minimum Gasteiger partial charge on any atom is -0.377 e. The highest BCUT2D eigenvalue weighted by atomic mass is 16.5. The molecule has 1 saturated heterocycles. The zero-order valence-corrected chi connectivity index (χ0v) is 10.5. The molecule has 1 aliphatic rings. The molecule has 1 aliphatic heterocycles. The highest BCUT2D eigenvalue weighted by Crippen LogP contribution is 2.14. The molecule has 2 atom stereocenters. The van der Waals surface area contributed by atoms with Crippen LogP contribution in [0.15, 0.2) is 24.4 Å². The van der Waals surface area contributed by atoms with Gasteiger partial charge >= 0.3 is 0 Å². The third kappa shape index (κ3) is 2.23. The van der Waals surface area contributed by atoms with Gasteiger partial charge in [0.15, 0.2) is 11.5 Å². The van der Waals surface area contributed by atoms with Gasteiger partial charge in [0.1, 0.15) is 0 Å². The number of ether oxygens (including phenoxy) is 1. The first kappa shape index (κ1) is 11.6. The van der Waals surface area contributed by atoms with Crippen molar-refractivity contribution in [1.29, 1.82) is 0 Å². The molecule has 5 heteroatoms. The van der Waals surface area contributed by atoms with Crippen LogP contribution in [0.2, 0.25) is 0 Å². The molecule has 18 heavy (non-hydrogen) atoms. The normalized spacial score (nSPS) is 21.5. The van der Waals surface area contributed by atoms with Crippen LogP contribution in [0.1, 0.15) is 31.6 Å². The molecule has 1 N–H and O–H groups in total. The lowest BCUT2D eigenvalue weighted by atomic mass is 10.2. The number of hydrogen-bond acceptors (Lipinski definition) is 4. The van der Waals surface area contributed by atoms with Gasteiger partial charge in [0.25, 0.3) is 0 Å². The Morgan fingerprint density at radius 3 is 3.28 bits per heavy atom. The molecule has 0 amide bonds. The van der Waals surface area contributed by atoms with E-state index in [4.69, 9.17) is 4.74 Å². The van der Waals surface area contributed by atoms with Gasteiger partial charge < -0.3 is 10.1 Å². The van der Waals surface area contributed by atoms with Crippen molar-refractivity contribution in [1.82, 2.24) is 19.9 Å². The Morgan fingerprint density at radius 1 is 1.50 bits per heavy atom. The predicted molar refractivity (Wildman–Crippen MR) is 68.4 cm³/mol. The van der Waals surface area contributed by atoms with Crippen LogP contribution in [-0.4, -0.2) is 33.9 Å². The smallest absolute Gasteiger partial charge is 0.160 e. The fraction of sp³-hybridized carbons (Fsp3) is 0.538. The van der Waals surface area contributed by atoms with Crippen LogP contribution >= 0.6 is 0 Å². The van der Waals surface area contributed by atoms with Crippen LogP contribution in [0.3, 0.4) is 0 Å². The average molecular weight is 246 g/mol. The maximum Gasteiger partial charge on any atom is 0.160 e. The van der Waals surface area contributed by atoms with E-state index >= 15 is 0 Å². The molecule has 0 spiro atoms. The monoisotopic (exact) mass is 246 g/mol. The summed E-state index contributed by atoms with van der Waals surface area (Å²) in [6, 6.07) is 6.10.